The molecule has 6 N–H and O–H groups in total. The van der Waals surface area contributed by atoms with Crippen LogP contribution in [0.3, 0.4) is 0 Å². The van der Waals surface area contributed by atoms with E-state index < -0.39 is 17.6 Å². The lowest BCUT2D eigenvalue weighted by Crippen LogP contribution is -2.31. The molecule has 0 fully saturated rings. The lowest BCUT2D eigenvalue weighted by atomic mass is 10.1. The number of ether oxygens (including phenoxy) is 1. The molecule has 1 heterocycles. The van der Waals surface area contributed by atoms with Crippen molar-refractivity contribution in [3.8, 4) is 5.75 Å². The van der Waals surface area contributed by atoms with Gasteiger partial charge in [-0.05, 0) is 43.5 Å². The SMILES string of the molecule is C=C(CCNC(=O)COc1ccc(Cl)c(F)c1)NC(=O)c1cc(NN/C2=C/C/C(N)=C/CCC2)ccn1. The maximum Gasteiger partial charge on any atom is 0.274 e. The molecule has 196 valence electrons. The number of rotatable bonds is 11. The molecule has 37 heavy (non-hydrogen) atoms. The largest absolute Gasteiger partial charge is 0.484 e. The van der Waals surface area contributed by atoms with Gasteiger partial charge in [0, 0.05) is 48.7 Å². The molecule has 0 spiro atoms. The van der Waals surface area contributed by atoms with E-state index >= 15 is 0 Å². The van der Waals surface area contributed by atoms with Crippen LogP contribution in [0.2, 0.25) is 5.02 Å². The fraction of sp³-hybridized carbons (Fsp3) is 0.269. The number of hydrogen-bond acceptors (Lipinski definition) is 7. The molecule has 1 aliphatic carbocycles. The maximum atomic E-state index is 13.4. The van der Waals surface area contributed by atoms with E-state index in [1.165, 1.54) is 18.3 Å². The van der Waals surface area contributed by atoms with Gasteiger partial charge in [0.2, 0.25) is 0 Å². The molecule has 0 saturated heterocycles. The Hall–Kier alpha value is -4.05. The van der Waals surface area contributed by atoms with Crippen molar-refractivity contribution in [2.45, 2.75) is 32.1 Å². The van der Waals surface area contributed by atoms with Gasteiger partial charge < -0.3 is 32.0 Å². The first-order valence-electron chi connectivity index (χ1n) is 11.8. The smallest absolute Gasteiger partial charge is 0.274 e. The first kappa shape index (κ1) is 27.5. The van der Waals surface area contributed by atoms with Crippen LogP contribution in [0.4, 0.5) is 10.1 Å². The van der Waals surface area contributed by atoms with Crippen LogP contribution >= 0.6 is 11.6 Å². The van der Waals surface area contributed by atoms with Gasteiger partial charge in [0.25, 0.3) is 11.8 Å². The zero-order valence-corrected chi connectivity index (χ0v) is 21.0. The van der Waals surface area contributed by atoms with Crippen molar-refractivity contribution < 1.29 is 18.7 Å². The van der Waals surface area contributed by atoms with Crippen molar-refractivity contribution in [2.24, 2.45) is 5.73 Å². The number of carbonyl (C=O) groups is 2. The van der Waals surface area contributed by atoms with E-state index in [0.717, 1.165) is 36.7 Å². The quantitative estimate of drug-likeness (QED) is 0.279. The fourth-order valence-corrected chi connectivity index (χ4v) is 3.43. The summed E-state index contributed by atoms with van der Waals surface area (Å²) in [5.41, 5.74) is 15.4. The molecule has 0 aliphatic heterocycles. The number of nitrogens with one attached hydrogen (secondary N) is 4. The number of hydrazine groups is 1. The van der Waals surface area contributed by atoms with Crippen LogP contribution in [0.25, 0.3) is 0 Å². The van der Waals surface area contributed by atoms with Gasteiger partial charge in [-0.2, -0.15) is 0 Å². The molecule has 0 unspecified atom stereocenters. The molecule has 0 radical (unpaired) electrons. The Balaban J connectivity index is 1.39. The third-order valence-corrected chi connectivity index (χ3v) is 5.61. The number of aromatic nitrogens is 1. The number of nitrogens with two attached hydrogens (primary N) is 1. The highest BCUT2D eigenvalue weighted by Crippen LogP contribution is 2.20. The van der Waals surface area contributed by atoms with Crippen LogP contribution < -0.4 is 32.0 Å². The second kappa shape index (κ2) is 13.9. The van der Waals surface area contributed by atoms with Gasteiger partial charge in [-0.1, -0.05) is 30.3 Å². The number of benzene rings is 1. The summed E-state index contributed by atoms with van der Waals surface area (Å²) in [5.74, 6) is -1.26. The monoisotopic (exact) mass is 528 g/mol. The number of pyridine rings is 1. The van der Waals surface area contributed by atoms with E-state index in [-0.39, 0.29) is 29.6 Å². The number of hydrogen-bond donors (Lipinski definition) is 5. The van der Waals surface area contributed by atoms with Gasteiger partial charge in [-0.3, -0.25) is 14.6 Å². The fourth-order valence-electron chi connectivity index (χ4n) is 3.31. The van der Waals surface area contributed by atoms with E-state index in [1.807, 2.05) is 6.08 Å². The molecular formula is C26H30ClFN6O3. The third kappa shape index (κ3) is 9.49. The Morgan fingerprint density at radius 3 is 2.84 bits per heavy atom. The number of anilines is 1. The summed E-state index contributed by atoms with van der Waals surface area (Å²) >= 11 is 5.62. The topological polar surface area (TPSA) is 130 Å². The summed E-state index contributed by atoms with van der Waals surface area (Å²) in [6.45, 7) is 3.76. The van der Waals surface area contributed by atoms with Crippen molar-refractivity contribution in [3.05, 3.63) is 88.9 Å². The maximum absolute atomic E-state index is 13.4. The lowest BCUT2D eigenvalue weighted by molar-refractivity contribution is -0.123. The highest BCUT2D eigenvalue weighted by molar-refractivity contribution is 6.30. The average molecular weight is 529 g/mol. The molecular weight excluding hydrogens is 499 g/mol. The highest BCUT2D eigenvalue weighted by Gasteiger charge is 2.11. The summed E-state index contributed by atoms with van der Waals surface area (Å²) in [5, 5.41) is 5.30. The standard InChI is InChI=1S/C26H30ClFN6O3/c1-17(10-12-31-25(35)16-37-21-8-9-22(27)23(28)15-21)32-26(36)24-14-20(11-13-30-24)34-33-19-5-3-2-4-18(29)6-7-19/h4,7-9,11,13-15,33H,1-3,5-6,10,12,16,29H2,(H,30,34)(H,31,35)(H,32,36)/b18-4-,19-7+. The molecule has 3 rings (SSSR count). The van der Waals surface area contributed by atoms with E-state index in [0.29, 0.717) is 24.2 Å². The number of allylic oxidation sites excluding steroid dienone is 3. The molecule has 1 aliphatic rings. The van der Waals surface area contributed by atoms with Crippen LogP contribution in [0.1, 0.15) is 42.6 Å². The first-order valence-corrected chi connectivity index (χ1v) is 12.1. The van der Waals surface area contributed by atoms with Crippen LogP contribution in [0.5, 0.6) is 5.75 Å². The van der Waals surface area contributed by atoms with Crippen molar-refractivity contribution >= 4 is 29.1 Å². The molecule has 0 atom stereocenters. The first-order chi connectivity index (χ1) is 17.8. The number of halogens is 2. The van der Waals surface area contributed by atoms with Gasteiger partial charge in [0.05, 0.1) is 10.7 Å². The van der Waals surface area contributed by atoms with Gasteiger partial charge in [0.15, 0.2) is 6.61 Å². The number of carbonyl (C=O) groups excluding carboxylic acids is 2. The second-order valence-electron chi connectivity index (χ2n) is 8.31. The zero-order chi connectivity index (χ0) is 26.6. The summed E-state index contributed by atoms with van der Waals surface area (Å²) in [7, 11) is 0. The van der Waals surface area contributed by atoms with Crippen LogP contribution in [0, 0.1) is 5.82 Å². The van der Waals surface area contributed by atoms with Crippen molar-refractivity contribution in [2.75, 3.05) is 18.6 Å². The van der Waals surface area contributed by atoms with Crippen LogP contribution in [-0.4, -0.2) is 29.9 Å². The normalized spacial score (nSPS) is 16.1. The minimum absolute atomic E-state index is 0.0288. The van der Waals surface area contributed by atoms with Gasteiger partial charge in [-0.15, -0.1) is 0 Å². The Kier molecular flexibility index (Phi) is 10.3. The minimum atomic E-state index is -0.630. The van der Waals surface area contributed by atoms with Crippen molar-refractivity contribution in [3.63, 3.8) is 0 Å². The van der Waals surface area contributed by atoms with Crippen molar-refractivity contribution in [1.82, 2.24) is 21.0 Å². The molecule has 1 aromatic carbocycles. The lowest BCUT2D eigenvalue weighted by Gasteiger charge is -2.15. The predicted molar refractivity (Wildman–Crippen MR) is 141 cm³/mol. The summed E-state index contributed by atoms with van der Waals surface area (Å²) in [4.78, 5) is 28.6. The highest BCUT2D eigenvalue weighted by atomic mass is 35.5. The Morgan fingerprint density at radius 2 is 2.03 bits per heavy atom. The van der Waals surface area contributed by atoms with Gasteiger partial charge in [0.1, 0.15) is 17.3 Å². The van der Waals surface area contributed by atoms with Crippen LogP contribution in [0.15, 0.2) is 72.4 Å². The Morgan fingerprint density at radius 1 is 1.19 bits per heavy atom. The molecule has 9 nitrogen and oxygen atoms in total. The summed E-state index contributed by atoms with van der Waals surface area (Å²) in [6, 6.07) is 7.27. The molecule has 1 aromatic heterocycles. The number of amides is 2. The van der Waals surface area contributed by atoms with Gasteiger partial charge >= 0.3 is 0 Å². The van der Waals surface area contributed by atoms with E-state index in [2.05, 4.69) is 39.1 Å². The van der Waals surface area contributed by atoms with Crippen molar-refractivity contribution in [1.29, 1.82) is 0 Å². The zero-order valence-electron chi connectivity index (χ0n) is 20.3. The molecule has 2 aromatic rings. The van der Waals surface area contributed by atoms with E-state index in [4.69, 9.17) is 22.1 Å². The third-order valence-electron chi connectivity index (χ3n) is 5.30. The molecule has 2 amide bonds. The average Bonchev–Trinajstić information content (AvgIpc) is 2.87. The minimum Gasteiger partial charge on any atom is -0.484 e. The Labute approximate surface area is 220 Å². The molecule has 0 bridgehead atoms. The molecule has 11 heteroatoms. The van der Waals surface area contributed by atoms with Gasteiger partial charge in [-0.25, -0.2) is 4.39 Å². The summed E-state index contributed by atoms with van der Waals surface area (Å²) < 4.78 is 18.7. The second-order valence-corrected chi connectivity index (χ2v) is 8.71. The summed E-state index contributed by atoms with van der Waals surface area (Å²) in [6.07, 6.45) is 9.43. The number of nitrogens with zero attached hydrogens (tertiary/aromatic N) is 1. The van der Waals surface area contributed by atoms with Crippen LogP contribution in [-0.2, 0) is 4.79 Å². The predicted octanol–water partition coefficient (Wildman–Crippen LogP) is 3.92. The van der Waals surface area contributed by atoms with E-state index in [9.17, 15) is 14.0 Å². The van der Waals surface area contributed by atoms with E-state index in [1.54, 1.807) is 12.1 Å². The molecule has 0 saturated carbocycles. The Bertz CT molecular complexity index is 1200.